The highest BCUT2D eigenvalue weighted by atomic mass is 28.4. The Labute approximate surface area is 177 Å². The Morgan fingerprint density at radius 1 is 1.07 bits per heavy atom. The fraction of sp³-hybridized carbons (Fsp3) is 0.909. The molecule has 0 unspecified atom stereocenters. The van der Waals surface area contributed by atoms with Crippen LogP contribution in [-0.4, -0.2) is 63.1 Å². The second-order valence-corrected chi connectivity index (χ2v) is 14.8. The zero-order chi connectivity index (χ0) is 22.0. The van der Waals surface area contributed by atoms with Gasteiger partial charge >= 0.3 is 11.9 Å². The predicted octanol–water partition coefficient (Wildman–Crippen LogP) is 3.99. The van der Waals surface area contributed by atoms with Crippen LogP contribution in [0.15, 0.2) is 0 Å². The molecule has 2 aliphatic heterocycles. The topological polar surface area (TPSA) is 65.1 Å². The molecule has 0 aromatic heterocycles. The molecule has 2 rings (SSSR count). The standard InChI is InChI=1S/C22H41NO5Si/c1-9-26-19(24)22(20(25)27-10-2)16(3)17(18-13-11-12-14-23(18)22)15-28-29(7,8)21(4,5)6/h16-18H,9-15H2,1-8H3/t16-,17-,18-/m1/s1. The van der Waals surface area contributed by atoms with Crippen molar-refractivity contribution in [3.8, 4) is 0 Å². The van der Waals surface area contributed by atoms with E-state index < -0.39 is 25.8 Å². The molecule has 2 saturated heterocycles. The maximum absolute atomic E-state index is 13.3. The van der Waals surface area contributed by atoms with Crippen molar-refractivity contribution in [1.82, 2.24) is 4.90 Å². The van der Waals surface area contributed by atoms with E-state index in [1.807, 2.05) is 6.92 Å². The van der Waals surface area contributed by atoms with Crippen LogP contribution in [0, 0.1) is 11.8 Å². The number of carbonyl (C=O) groups is 2. The summed E-state index contributed by atoms with van der Waals surface area (Å²) >= 11 is 0. The molecule has 0 radical (unpaired) electrons. The molecule has 0 aromatic rings. The fourth-order valence-electron chi connectivity index (χ4n) is 4.69. The first-order chi connectivity index (χ1) is 13.4. The van der Waals surface area contributed by atoms with Gasteiger partial charge < -0.3 is 13.9 Å². The summed E-state index contributed by atoms with van der Waals surface area (Å²) in [4.78, 5) is 28.6. The summed E-state index contributed by atoms with van der Waals surface area (Å²) in [5.41, 5.74) is -1.36. The summed E-state index contributed by atoms with van der Waals surface area (Å²) < 4.78 is 17.5. The van der Waals surface area contributed by atoms with Crippen molar-refractivity contribution in [1.29, 1.82) is 0 Å². The monoisotopic (exact) mass is 427 g/mol. The third-order valence-electron chi connectivity index (χ3n) is 7.41. The summed E-state index contributed by atoms with van der Waals surface area (Å²) in [6.07, 6.45) is 3.04. The molecule has 0 amide bonds. The molecule has 2 heterocycles. The van der Waals surface area contributed by atoms with E-state index in [4.69, 9.17) is 13.9 Å². The lowest BCUT2D eigenvalue weighted by atomic mass is 9.79. The van der Waals surface area contributed by atoms with E-state index in [9.17, 15) is 9.59 Å². The van der Waals surface area contributed by atoms with Gasteiger partial charge in [-0.05, 0) is 44.8 Å². The minimum Gasteiger partial charge on any atom is -0.464 e. The molecule has 6 nitrogen and oxygen atoms in total. The van der Waals surface area contributed by atoms with E-state index in [-0.39, 0.29) is 36.1 Å². The second kappa shape index (κ2) is 9.06. The number of fused-ring (bicyclic) bond motifs is 1. The smallest absolute Gasteiger partial charge is 0.338 e. The third-order valence-corrected chi connectivity index (χ3v) is 11.9. The molecule has 0 saturated carbocycles. The van der Waals surface area contributed by atoms with Crippen LogP contribution in [0.25, 0.3) is 0 Å². The number of rotatable bonds is 7. The van der Waals surface area contributed by atoms with Gasteiger partial charge in [-0.15, -0.1) is 0 Å². The average molecular weight is 428 g/mol. The maximum Gasteiger partial charge on any atom is 0.338 e. The molecule has 168 valence electrons. The Bertz CT molecular complexity index is 583. The number of nitrogens with zero attached hydrogens (tertiary/aromatic N) is 1. The molecule has 0 aromatic carbocycles. The quantitative estimate of drug-likeness (QED) is 0.348. The molecule has 2 fully saturated rings. The van der Waals surface area contributed by atoms with E-state index in [1.54, 1.807) is 13.8 Å². The first kappa shape index (κ1) is 24.3. The number of piperidine rings is 1. The minimum absolute atomic E-state index is 0.0956. The number of hydrogen-bond acceptors (Lipinski definition) is 6. The SMILES string of the molecule is CCOC(=O)C1(C(=O)OCC)[C@H](C)[C@@H](CO[Si](C)(C)C(C)(C)C)[C@H]2CCCCN21. The average Bonchev–Trinajstić information content (AvgIpc) is 2.88. The third kappa shape index (κ3) is 4.28. The molecule has 0 spiro atoms. The van der Waals surface area contributed by atoms with E-state index in [1.165, 1.54) is 0 Å². The first-order valence-electron chi connectivity index (χ1n) is 11.2. The zero-order valence-electron chi connectivity index (χ0n) is 19.7. The van der Waals surface area contributed by atoms with Crippen molar-refractivity contribution in [2.24, 2.45) is 11.8 Å². The molecular formula is C22H41NO5Si. The van der Waals surface area contributed by atoms with Crippen LogP contribution in [0.3, 0.4) is 0 Å². The van der Waals surface area contributed by atoms with Gasteiger partial charge in [0.1, 0.15) is 0 Å². The van der Waals surface area contributed by atoms with E-state index in [0.717, 1.165) is 19.3 Å². The van der Waals surface area contributed by atoms with Gasteiger partial charge in [0.15, 0.2) is 8.32 Å². The van der Waals surface area contributed by atoms with Gasteiger partial charge in [-0.2, -0.15) is 0 Å². The molecule has 3 atom stereocenters. The van der Waals surface area contributed by atoms with Gasteiger partial charge in [0.25, 0.3) is 0 Å². The summed E-state index contributed by atoms with van der Waals surface area (Å²) in [5, 5.41) is 0.112. The lowest BCUT2D eigenvalue weighted by Crippen LogP contribution is -2.63. The first-order valence-corrected chi connectivity index (χ1v) is 14.1. The van der Waals surface area contributed by atoms with E-state index in [2.05, 4.69) is 38.8 Å². The van der Waals surface area contributed by atoms with Gasteiger partial charge in [-0.25, -0.2) is 9.59 Å². The highest BCUT2D eigenvalue weighted by molar-refractivity contribution is 6.74. The lowest BCUT2D eigenvalue weighted by molar-refractivity contribution is -0.177. The van der Waals surface area contributed by atoms with Crippen molar-refractivity contribution in [3.05, 3.63) is 0 Å². The zero-order valence-corrected chi connectivity index (χ0v) is 20.7. The summed E-state index contributed by atoms with van der Waals surface area (Å²) in [6.45, 7) is 18.5. The maximum atomic E-state index is 13.3. The summed E-state index contributed by atoms with van der Waals surface area (Å²) in [5.74, 6) is -1.06. The van der Waals surface area contributed by atoms with Crippen molar-refractivity contribution in [3.63, 3.8) is 0 Å². The van der Waals surface area contributed by atoms with Crippen molar-refractivity contribution >= 4 is 20.3 Å². The Hall–Kier alpha value is -0.923. The van der Waals surface area contributed by atoms with Crippen LogP contribution in [0.4, 0.5) is 0 Å². The van der Waals surface area contributed by atoms with Crippen LogP contribution in [0.5, 0.6) is 0 Å². The number of hydrogen-bond donors (Lipinski definition) is 0. The number of ether oxygens (including phenoxy) is 2. The fourth-order valence-corrected chi connectivity index (χ4v) is 5.74. The Morgan fingerprint density at radius 2 is 1.62 bits per heavy atom. The van der Waals surface area contributed by atoms with Crippen molar-refractivity contribution < 1.29 is 23.5 Å². The Balaban J connectivity index is 2.42. The van der Waals surface area contributed by atoms with Gasteiger partial charge in [0, 0.05) is 31.0 Å². The number of esters is 2. The largest absolute Gasteiger partial charge is 0.464 e. The van der Waals surface area contributed by atoms with E-state index in [0.29, 0.717) is 13.2 Å². The predicted molar refractivity (Wildman–Crippen MR) is 116 cm³/mol. The highest BCUT2D eigenvalue weighted by Gasteiger charge is 2.67. The molecule has 2 aliphatic rings. The van der Waals surface area contributed by atoms with Crippen LogP contribution in [0.1, 0.15) is 60.8 Å². The van der Waals surface area contributed by atoms with Gasteiger partial charge in [-0.3, -0.25) is 4.90 Å². The molecule has 0 bridgehead atoms. The van der Waals surface area contributed by atoms with E-state index >= 15 is 0 Å². The molecule has 0 aliphatic carbocycles. The van der Waals surface area contributed by atoms with Crippen LogP contribution >= 0.6 is 0 Å². The summed E-state index contributed by atoms with van der Waals surface area (Å²) in [7, 11) is -1.94. The van der Waals surface area contributed by atoms with Crippen molar-refractivity contribution in [2.75, 3.05) is 26.4 Å². The van der Waals surface area contributed by atoms with Crippen molar-refractivity contribution in [2.45, 2.75) is 90.5 Å². The van der Waals surface area contributed by atoms with Gasteiger partial charge in [0.2, 0.25) is 5.54 Å². The Kier molecular flexibility index (Phi) is 7.61. The Morgan fingerprint density at radius 3 is 2.10 bits per heavy atom. The van der Waals surface area contributed by atoms with Crippen LogP contribution in [-0.2, 0) is 23.5 Å². The number of carbonyl (C=O) groups excluding carboxylic acids is 2. The summed E-state index contributed by atoms with van der Waals surface area (Å²) in [6, 6.07) is 0.136. The van der Waals surface area contributed by atoms with Crippen LogP contribution < -0.4 is 0 Å². The van der Waals surface area contributed by atoms with Gasteiger partial charge in [0.05, 0.1) is 13.2 Å². The highest BCUT2D eigenvalue weighted by Crippen LogP contribution is 2.49. The molecule has 7 heteroatoms. The minimum atomic E-state index is -1.94. The molecule has 29 heavy (non-hydrogen) atoms. The molecular weight excluding hydrogens is 386 g/mol. The van der Waals surface area contributed by atoms with Gasteiger partial charge in [-0.1, -0.05) is 34.1 Å². The lowest BCUT2D eigenvalue weighted by Gasteiger charge is -2.40. The normalized spacial score (nSPS) is 27.4. The molecule has 0 N–H and O–H groups in total. The second-order valence-electron chi connectivity index (χ2n) is 9.99. The van der Waals surface area contributed by atoms with Crippen LogP contribution in [0.2, 0.25) is 18.1 Å².